The van der Waals surface area contributed by atoms with Gasteiger partial charge in [-0.1, -0.05) is 29.8 Å². The summed E-state index contributed by atoms with van der Waals surface area (Å²) in [6.07, 6.45) is 5.63. The molecule has 2 aromatic heterocycles. The van der Waals surface area contributed by atoms with Crippen molar-refractivity contribution >= 4 is 17.5 Å². The van der Waals surface area contributed by atoms with E-state index in [1.54, 1.807) is 0 Å². The molecule has 0 radical (unpaired) electrons. The van der Waals surface area contributed by atoms with Crippen molar-refractivity contribution in [3.8, 4) is 11.1 Å². The number of anilines is 1. The van der Waals surface area contributed by atoms with E-state index >= 15 is 0 Å². The predicted molar refractivity (Wildman–Crippen MR) is 115 cm³/mol. The molecule has 29 heavy (non-hydrogen) atoms. The summed E-state index contributed by atoms with van der Waals surface area (Å²) in [4.78, 5) is 17.7. The molecular weight excluding hydrogens is 386 g/mol. The molecule has 3 aromatic rings. The van der Waals surface area contributed by atoms with Gasteiger partial charge in [0.2, 0.25) is 5.95 Å². The molecule has 150 valence electrons. The highest BCUT2D eigenvalue weighted by atomic mass is 35.5. The number of ether oxygens (including phenoxy) is 1. The summed E-state index contributed by atoms with van der Waals surface area (Å²) in [6.45, 7) is 3.15. The minimum absolute atomic E-state index is 0.0425. The molecular formula is C22H24ClN5O. The number of morpholine rings is 1. The largest absolute Gasteiger partial charge is 0.369 e. The normalized spacial score (nSPS) is 17.3. The van der Waals surface area contributed by atoms with Crippen LogP contribution in [0, 0.1) is 0 Å². The molecule has 1 aromatic carbocycles. The Morgan fingerprint density at radius 3 is 2.59 bits per heavy atom. The van der Waals surface area contributed by atoms with Gasteiger partial charge in [0.05, 0.1) is 12.3 Å². The fourth-order valence-corrected chi connectivity index (χ4v) is 3.57. The molecule has 0 N–H and O–H groups in total. The molecule has 6 nitrogen and oxygen atoms in total. The first-order valence-corrected chi connectivity index (χ1v) is 10.0. The van der Waals surface area contributed by atoms with Crippen LogP contribution in [0.15, 0.2) is 55.0 Å². The zero-order valence-electron chi connectivity index (χ0n) is 16.6. The summed E-state index contributed by atoms with van der Waals surface area (Å²) in [5, 5.41) is 0.723. The number of hydrogen-bond donors (Lipinski definition) is 0. The van der Waals surface area contributed by atoms with Crippen molar-refractivity contribution in [2.45, 2.75) is 12.6 Å². The Bertz CT molecular complexity index is 946. The summed E-state index contributed by atoms with van der Waals surface area (Å²) in [5.74, 6) is 0.720. The predicted octanol–water partition coefficient (Wildman–Crippen LogP) is 3.83. The van der Waals surface area contributed by atoms with Gasteiger partial charge in [-0.15, -0.1) is 0 Å². The first-order valence-electron chi connectivity index (χ1n) is 9.62. The quantitative estimate of drug-likeness (QED) is 0.638. The Morgan fingerprint density at radius 2 is 1.90 bits per heavy atom. The van der Waals surface area contributed by atoms with Gasteiger partial charge >= 0.3 is 0 Å². The highest BCUT2D eigenvalue weighted by molar-refractivity contribution is 6.30. The van der Waals surface area contributed by atoms with Crippen LogP contribution in [-0.4, -0.2) is 53.6 Å². The molecule has 0 aliphatic carbocycles. The second kappa shape index (κ2) is 8.86. The lowest BCUT2D eigenvalue weighted by molar-refractivity contribution is -0.0350. The van der Waals surface area contributed by atoms with Gasteiger partial charge in [0.1, 0.15) is 6.10 Å². The number of pyridine rings is 1. The minimum Gasteiger partial charge on any atom is -0.369 e. The van der Waals surface area contributed by atoms with Crippen molar-refractivity contribution in [2.24, 2.45) is 0 Å². The molecule has 1 saturated heterocycles. The Hall–Kier alpha value is -2.54. The third-order valence-corrected chi connectivity index (χ3v) is 5.16. The van der Waals surface area contributed by atoms with Gasteiger partial charge in [0.25, 0.3) is 0 Å². The molecule has 0 saturated carbocycles. The molecule has 1 fully saturated rings. The lowest BCUT2D eigenvalue weighted by Crippen LogP contribution is -2.38. The van der Waals surface area contributed by atoms with Gasteiger partial charge in [0, 0.05) is 68.5 Å². The van der Waals surface area contributed by atoms with E-state index in [-0.39, 0.29) is 6.10 Å². The number of hydrogen-bond acceptors (Lipinski definition) is 6. The average molecular weight is 410 g/mol. The van der Waals surface area contributed by atoms with Crippen molar-refractivity contribution in [2.75, 3.05) is 38.7 Å². The van der Waals surface area contributed by atoms with Crippen LogP contribution in [0.5, 0.6) is 0 Å². The molecule has 0 spiro atoms. The monoisotopic (exact) mass is 409 g/mol. The van der Waals surface area contributed by atoms with Crippen LogP contribution < -0.4 is 4.90 Å². The van der Waals surface area contributed by atoms with Crippen LogP contribution >= 0.6 is 11.6 Å². The van der Waals surface area contributed by atoms with E-state index in [4.69, 9.17) is 16.3 Å². The van der Waals surface area contributed by atoms with Crippen LogP contribution in [0.1, 0.15) is 17.4 Å². The van der Waals surface area contributed by atoms with Crippen molar-refractivity contribution < 1.29 is 4.74 Å². The molecule has 1 atom stereocenters. The Labute approximate surface area is 176 Å². The smallest absolute Gasteiger partial charge is 0.224 e. The van der Waals surface area contributed by atoms with Crippen molar-refractivity contribution in [1.29, 1.82) is 0 Å². The number of halogens is 1. The standard InChI is InChI=1S/C22H24ClN5O/c1-27(2)22-25-11-16(12-26-22)14-28-8-9-29-21(15-28)20-7-6-18(13-24-20)17-4-3-5-19(23)10-17/h3-7,10-13,21H,8-9,14-15H2,1-2H3. The molecule has 1 aliphatic rings. The van der Waals surface area contributed by atoms with E-state index in [9.17, 15) is 0 Å². The van der Waals surface area contributed by atoms with Crippen LogP contribution in [0.3, 0.4) is 0 Å². The molecule has 4 rings (SSSR count). The van der Waals surface area contributed by atoms with E-state index in [2.05, 4.69) is 25.9 Å². The maximum absolute atomic E-state index is 6.10. The number of nitrogens with zero attached hydrogens (tertiary/aromatic N) is 5. The summed E-state index contributed by atoms with van der Waals surface area (Å²) in [5.41, 5.74) is 4.14. The van der Waals surface area contributed by atoms with Crippen molar-refractivity contribution in [1.82, 2.24) is 19.9 Å². The average Bonchev–Trinajstić information content (AvgIpc) is 2.74. The second-order valence-corrected chi connectivity index (χ2v) is 7.80. The van der Waals surface area contributed by atoms with Crippen LogP contribution in [0.4, 0.5) is 5.95 Å². The van der Waals surface area contributed by atoms with Crippen LogP contribution in [-0.2, 0) is 11.3 Å². The first-order chi connectivity index (χ1) is 14.1. The number of aromatic nitrogens is 3. The summed E-state index contributed by atoms with van der Waals surface area (Å²) >= 11 is 6.10. The Morgan fingerprint density at radius 1 is 1.07 bits per heavy atom. The zero-order chi connectivity index (χ0) is 20.2. The second-order valence-electron chi connectivity index (χ2n) is 7.36. The number of rotatable bonds is 5. The molecule has 0 bridgehead atoms. The third-order valence-electron chi connectivity index (χ3n) is 4.92. The molecule has 1 unspecified atom stereocenters. The Kier molecular flexibility index (Phi) is 6.04. The summed E-state index contributed by atoms with van der Waals surface area (Å²) in [6, 6.07) is 11.9. The van der Waals surface area contributed by atoms with Gasteiger partial charge < -0.3 is 9.64 Å². The van der Waals surface area contributed by atoms with Gasteiger partial charge in [-0.3, -0.25) is 9.88 Å². The summed E-state index contributed by atoms with van der Waals surface area (Å²) in [7, 11) is 3.87. The lowest BCUT2D eigenvalue weighted by atomic mass is 10.1. The molecule has 7 heteroatoms. The topological polar surface area (TPSA) is 54.4 Å². The van der Waals surface area contributed by atoms with E-state index in [0.717, 1.165) is 53.0 Å². The van der Waals surface area contributed by atoms with Crippen LogP contribution in [0.2, 0.25) is 5.02 Å². The lowest BCUT2D eigenvalue weighted by Gasteiger charge is -2.32. The Balaban J connectivity index is 1.41. The van der Waals surface area contributed by atoms with Gasteiger partial charge in [-0.05, 0) is 23.8 Å². The van der Waals surface area contributed by atoms with E-state index in [1.165, 1.54) is 0 Å². The molecule has 0 amide bonds. The first kappa shape index (κ1) is 19.8. The fourth-order valence-electron chi connectivity index (χ4n) is 3.38. The van der Waals surface area contributed by atoms with Gasteiger partial charge in [0.15, 0.2) is 0 Å². The highest BCUT2D eigenvalue weighted by Crippen LogP contribution is 2.26. The third kappa shape index (κ3) is 4.90. The van der Waals surface area contributed by atoms with E-state index < -0.39 is 0 Å². The highest BCUT2D eigenvalue weighted by Gasteiger charge is 2.23. The van der Waals surface area contributed by atoms with Gasteiger partial charge in [-0.2, -0.15) is 0 Å². The molecule has 1 aliphatic heterocycles. The van der Waals surface area contributed by atoms with Gasteiger partial charge in [-0.25, -0.2) is 9.97 Å². The minimum atomic E-state index is -0.0425. The van der Waals surface area contributed by atoms with E-state index in [0.29, 0.717) is 6.61 Å². The maximum Gasteiger partial charge on any atom is 0.224 e. The van der Waals surface area contributed by atoms with Crippen molar-refractivity contribution in [3.05, 3.63) is 71.3 Å². The SMILES string of the molecule is CN(C)c1ncc(CN2CCOC(c3ccc(-c4cccc(Cl)c4)cn3)C2)cn1. The van der Waals surface area contributed by atoms with Crippen molar-refractivity contribution in [3.63, 3.8) is 0 Å². The van der Waals surface area contributed by atoms with E-state index in [1.807, 2.05) is 67.9 Å². The fraction of sp³-hybridized carbons (Fsp3) is 0.318. The zero-order valence-corrected chi connectivity index (χ0v) is 17.4. The summed E-state index contributed by atoms with van der Waals surface area (Å²) < 4.78 is 5.98. The van der Waals surface area contributed by atoms with Crippen LogP contribution in [0.25, 0.3) is 11.1 Å². The molecule has 3 heterocycles. The maximum atomic E-state index is 6.10. The number of benzene rings is 1.